The molecule has 19 heavy (non-hydrogen) atoms. The second-order valence-electron chi connectivity index (χ2n) is 5.29. The van der Waals surface area contributed by atoms with Gasteiger partial charge in [-0.15, -0.1) is 0 Å². The number of carbonyl (C=O) groups excluding carboxylic acids is 1. The van der Waals surface area contributed by atoms with E-state index in [4.69, 9.17) is 4.74 Å². The van der Waals surface area contributed by atoms with E-state index in [1.807, 2.05) is 45.0 Å². The molecule has 1 aromatic carbocycles. The minimum Gasteiger partial charge on any atom is -0.444 e. The zero-order chi connectivity index (χ0) is 14.3. The van der Waals surface area contributed by atoms with E-state index < -0.39 is 11.7 Å². The Balaban J connectivity index is 2.38. The number of benzene rings is 1. The smallest absolute Gasteiger partial charge is 0.407 e. The van der Waals surface area contributed by atoms with Crippen LogP contribution in [0.5, 0.6) is 0 Å². The first-order valence-electron chi connectivity index (χ1n) is 6.24. The van der Waals surface area contributed by atoms with E-state index in [0.717, 1.165) is 11.1 Å². The Morgan fingerprint density at radius 1 is 1.32 bits per heavy atom. The average molecular weight is 264 g/mol. The number of hydrogen-bond acceptors (Lipinski definition) is 4. The predicted octanol–water partition coefficient (Wildman–Crippen LogP) is 3.02. The van der Waals surface area contributed by atoms with Crippen LogP contribution in [0.2, 0.25) is 0 Å². The summed E-state index contributed by atoms with van der Waals surface area (Å²) in [5.74, 6) is 0. The van der Waals surface area contributed by atoms with Crippen LogP contribution < -0.4 is 5.32 Å². The van der Waals surface area contributed by atoms with Gasteiger partial charge in [-0.3, -0.25) is 0 Å². The van der Waals surface area contributed by atoms with Crippen LogP contribution in [0.15, 0.2) is 29.4 Å². The summed E-state index contributed by atoms with van der Waals surface area (Å²) in [6, 6.07) is 7.60. The maximum Gasteiger partial charge on any atom is 0.407 e. The number of ether oxygens (including phenoxy) is 1. The Hall–Kier alpha value is -1.91. The Labute approximate surface area is 113 Å². The molecule has 0 radical (unpaired) electrons. The molecule has 0 heterocycles. The van der Waals surface area contributed by atoms with Crippen molar-refractivity contribution in [2.24, 2.45) is 5.18 Å². The van der Waals surface area contributed by atoms with Gasteiger partial charge in [0.2, 0.25) is 0 Å². The van der Waals surface area contributed by atoms with Gasteiger partial charge >= 0.3 is 6.09 Å². The van der Waals surface area contributed by atoms with Crippen LogP contribution in [0, 0.1) is 4.91 Å². The van der Waals surface area contributed by atoms with E-state index in [2.05, 4.69) is 10.5 Å². The predicted molar refractivity (Wildman–Crippen MR) is 73.9 cm³/mol. The number of nitroso groups, excluding NO2 is 1. The maximum atomic E-state index is 11.4. The minimum atomic E-state index is -0.486. The normalized spacial score (nSPS) is 10.9. The summed E-state index contributed by atoms with van der Waals surface area (Å²) in [5, 5.41) is 5.55. The number of alkyl carbamates (subject to hydrolysis) is 1. The minimum absolute atomic E-state index is 0.174. The molecule has 1 amide bonds. The van der Waals surface area contributed by atoms with Crippen LogP contribution in [0.1, 0.15) is 31.9 Å². The first-order valence-corrected chi connectivity index (χ1v) is 6.24. The highest BCUT2D eigenvalue weighted by Crippen LogP contribution is 2.08. The van der Waals surface area contributed by atoms with E-state index in [0.29, 0.717) is 13.0 Å². The van der Waals surface area contributed by atoms with Crippen molar-refractivity contribution >= 4 is 6.09 Å². The van der Waals surface area contributed by atoms with Gasteiger partial charge in [-0.25, -0.2) is 4.79 Å². The molecule has 0 fully saturated rings. The maximum absolute atomic E-state index is 11.4. The van der Waals surface area contributed by atoms with Crippen molar-refractivity contribution in [1.82, 2.24) is 5.32 Å². The standard InChI is InChI=1S/C14H20N2O3/c1-14(2,3)19-13(17)15-8-7-11-5-4-6-12(9-11)10-16-18/h4-6,9H,7-8,10H2,1-3H3,(H,15,17). The number of nitrogens with one attached hydrogen (secondary N) is 1. The summed E-state index contributed by atoms with van der Waals surface area (Å²) in [5.41, 5.74) is 1.45. The molecule has 0 spiro atoms. The zero-order valence-corrected chi connectivity index (χ0v) is 11.6. The fraction of sp³-hybridized carbons (Fsp3) is 0.500. The van der Waals surface area contributed by atoms with Crippen LogP contribution in [-0.4, -0.2) is 18.2 Å². The first-order chi connectivity index (χ1) is 8.90. The van der Waals surface area contributed by atoms with E-state index in [1.165, 1.54) is 0 Å². The lowest BCUT2D eigenvalue weighted by Gasteiger charge is -2.19. The van der Waals surface area contributed by atoms with Crippen LogP contribution in [-0.2, 0) is 17.7 Å². The molecule has 1 aromatic rings. The lowest BCUT2D eigenvalue weighted by Crippen LogP contribution is -2.33. The molecule has 0 unspecified atom stereocenters. The second kappa shape index (κ2) is 6.87. The Morgan fingerprint density at radius 3 is 2.63 bits per heavy atom. The van der Waals surface area contributed by atoms with Crippen LogP contribution in [0.3, 0.4) is 0 Å². The first kappa shape index (κ1) is 15.1. The van der Waals surface area contributed by atoms with Gasteiger partial charge in [0.05, 0.1) is 0 Å². The van der Waals surface area contributed by atoms with Crippen LogP contribution in [0.4, 0.5) is 4.79 Å². The third-order valence-electron chi connectivity index (χ3n) is 2.32. The van der Waals surface area contributed by atoms with Crippen molar-refractivity contribution in [2.45, 2.75) is 39.3 Å². The molecule has 0 aliphatic rings. The zero-order valence-electron chi connectivity index (χ0n) is 11.6. The van der Waals surface area contributed by atoms with Crippen molar-refractivity contribution in [3.05, 3.63) is 40.3 Å². The number of hydrogen-bond donors (Lipinski definition) is 1. The lowest BCUT2D eigenvalue weighted by atomic mass is 10.1. The molecular formula is C14H20N2O3. The molecule has 0 aliphatic carbocycles. The fourth-order valence-corrected chi connectivity index (χ4v) is 1.58. The van der Waals surface area contributed by atoms with Gasteiger partial charge in [0, 0.05) is 6.54 Å². The van der Waals surface area contributed by atoms with E-state index in [9.17, 15) is 9.70 Å². The highest BCUT2D eigenvalue weighted by Gasteiger charge is 2.15. The quantitative estimate of drug-likeness (QED) is 0.831. The molecule has 0 aliphatic heterocycles. The van der Waals surface area contributed by atoms with Gasteiger partial charge in [0.25, 0.3) is 0 Å². The molecule has 1 N–H and O–H groups in total. The molecule has 104 valence electrons. The van der Waals surface area contributed by atoms with E-state index in [1.54, 1.807) is 0 Å². The second-order valence-corrected chi connectivity index (χ2v) is 5.29. The molecule has 5 heteroatoms. The van der Waals surface area contributed by atoms with E-state index in [-0.39, 0.29) is 6.54 Å². The number of carbonyl (C=O) groups is 1. The average Bonchev–Trinajstić information content (AvgIpc) is 2.27. The third kappa shape index (κ3) is 6.55. The SMILES string of the molecule is CC(C)(C)OC(=O)NCCc1cccc(CN=O)c1. The summed E-state index contributed by atoms with van der Waals surface area (Å²) in [4.78, 5) is 21.6. The summed E-state index contributed by atoms with van der Waals surface area (Å²) in [6.07, 6.45) is 0.268. The fourth-order valence-electron chi connectivity index (χ4n) is 1.58. The molecule has 0 aromatic heterocycles. The van der Waals surface area contributed by atoms with Crippen LogP contribution >= 0.6 is 0 Å². The van der Waals surface area contributed by atoms with Gasteiger partial charge in [-0.2, -0.15) is 4.91 Å². The summed E-state index contributed by atoms with van der Waals surface area (Å²) in [7, 11) is 0. The lowest BCUT2D eigenvalue weighted by molar-refractivity contribution is 0.0528. The van der Waals surface area contributed by atoms with Gasteiger partial charge in [-0.1, -0.05) is 29.4 Å². The van der Waals surface area contributed by atoms with Crippen molar-refractivity contribution in [3.8, 4) is 0 Å². The molecule has 5 nitrogen and oxygen atoms in total. The molecule has 0 saturated heterocycles. The highest BCUT2D eigenvalue weighted by atomic mass is 16.6. The van der Waals surface area contributed by atoms with Crippen molar-refractivity contribution in [1.29, 1.82) is 0 Å². The van der Waals surface area contributed by atoms with Gasteiger partial charge in [-0.05, 0) is 38.3 Å². The molecule has 0 saturated carbocycles. The van der Waals surface area contributed by atoms with Gasteiger partial charge in [0.1, 0.15) is 12.1 Å². The summed E-state index contributed by atoms with van der Waals surface area (Å²) >= 11 is 0. The number of amides is 1. The molecule has 0 bridgehead atoms. The monoisotopic (exact) mass is 264 g/mol. The molecular weight excluding hydrogens is 244 g/mol. The highest BCUT2D eigenvalue weighted by molar-refractivity contribution is 5.67. The number of rotatable bonds is 5. The third-order valence-corrected chi connectivity index (χ3v) is 2.32. The van der Waals surface area contributed by atoms with Crippen molar-refractivity contribution < 1.29 is 9.53 Å². The summed E-state index contributed by atoms with van der Waals surface area (Å²) < 4.78 is 5.13. The van der Waals surface area contributed by atoms with Crippen molar-refractivity contribution in [3.63, 3.8) is 0 Å². The van der Waals surface area contributed by atoms with Gasteiger partial charge in [0.15, 0.2) is 0 Å². The Morgan fingerprint density at radius 2 is 2.00 bits per heavy atom. The van der Waals surface area contributed by atoms with Gasteiger partial charge < -0.3 is 10.1 Å². The Bertz CT molecular complexity index is 439. The molecule has 0 atom stereocenters. The van der Waals surface area contributed by atoms with Crippen molar-refractivity contribution in [2.75, 3.05) is 6.54 Å². The van der Waals surface area contributed by atoms with E-state index >= 15 is 0 Å². The number of nitrogens with zero attached hydrogens (tertiary/aromatic N) is 1. The van der Waals surface area contributed by atoms with Crippen LogP contribution in [0.25, 0.3) is 0 Å². The summed E-state index contributed by atoms with van der Waals surface area (Å²) in [6.45, 7) is 6.13. The Kier molecular flexibility index (Phi) is 5.48. The molecule has 1 rings (SSSR count). The topological polar surface area (TPSA) is 67.8 Å². The largest absolute Gasteiger partial charge is 0.444 e.